The first-order valence-electron chi connectivity index (χ1n) is 2.66. The summed E-state index contributed by atoms with van der Waals surface area (Å²) < 4.78 is 8.66. The van der Waals surface area contributed by atoms with Crippen molar-refractivity contribution >= 4 is 7.82 Å². The summed E-state index contributed by atoms with van der Waals surface area (Å²) in [6.07, 6.45) is 2.64. The van der Waals surface area contributed by atoms with Crippen molar-refractivity contribution in [2.24, 2.45) is 0 Å². The molecule has 1 N–H and O–H groups in total. The van der Waals surface area contributed by atoms with Crippen LogP contribution in [-0.2, 0) is 4.57 Å². The molecule has 4 nitrogen and oxygen atoms in total. The maximum Gasteiger partial charge on any atom is 1.00 e. The van der Waals surface area contributed by atoms with Gasteiger partial charge in [-0.15, -0.1) is 0 Å². The van der Waals surface area contributed by atoms with Crippen molar-refractivity contribution in [1.29, 1.82) is 0 Å². The van der Waals surface area contributed by atoms with E-state index in [0.717, 1.165) is 0 Å². The standard InChI is InChI=1S/C4H10.2Li.H3O4P/c1-3-4-2;;;1-5(2,3)4/h3-4H2,1-2H3;;;(H3,1,2,3,4)/q;2*+1;/p-2. The fraction of sp³-hybridized carbons (Fsp3) is 1.00. The molecule has 0 saturated heterocycles. The van der Waals surface area contributed by atoms with E-state index in [4.69, 9.17) is 19.2 Å². The van der Waals surface area contributed by atoms with Crippen molar-refractivity contribution in [3.05, 3.63) is 0 Å². The summed E-state index contributed by atoms with van der Waals surface area (Å²) >= 11 is 0. The third-order valence-electron chi connectivity index (χ3n) is 0.500. The summed E-state index contributed by atoms with van der Waals surface area (Å²) in [5, 5.41) is 0. The number of unbranched alkanes of at least 4 members (excludes halogenated alkanes) is 1. The first-order valence-corrected chi connectivity index (χ1v) is 4.16. The van der Waals surface area contributed by atoms with E-state index >= 15 is 0 Å². The molecule has 0 amide bonds. The smallest absolute Gasteiger partial charge is 0.790 e. The van der Waals surface area contributed by atoms with Crippen molar-refractivity contribution in [3.8, 4) is 0 Å². The molecule has 58 valence electrons. The Kier molecular flexibility index (Phi) is 28.7. The van der Waals surface area contributed by atoms with Crippen LogP contribution < -0.4 is 47.5 Å². The van der Waals surface area contributed by atoms with E-state index in [1.807, 2.05) is 0 Å². The molecule has 0 heterocycles. The van der Waals surface area contributed by atoms with Gasteiger partial charge in [-0.1, -0.05) is 26.7 Å². The summed E-state index contributed by atoms with van der Waals surface area (Å²) in [4.78, 5) is 24.3. The van der Waals surface area contributed by atoms with E-state index in [9.17, 15) is 0 Å². The number of rotatable bonds is 1. The fourth-order valence-electron chi connectivity index (χ4n) is 0. The van der Waals surface area contributed by atoms with Gasteiger partial charge in [-0.2, -0.15) is 0 Å². The van der Waals surface area contributed by atoms with Crippen molar-refractivity contribution in [1.82, 2.24) is 0 Å². The van der Waals surface area contributed by atoms with E-state index in [-0.39, 0.29) is 37.7 Å². The van der Waals surface area contributed by atoms with Crippen LogP contribution in [0.4, 0.5) is 0 Å². The molecule has 0 spiro atoms. The topological polar surface area (TPSA) is 83.4 Å². The van der Waals surface area contributed by atoms with Crippen molar-refractivity contribution in [3.63, 3.8) is 0 Å². The molecule has 11 heavy (non-hydrogen) atoms. The largest absolute Gasteiger partial charge is 1.00 e. The zero-order valence-electron chi connectivity index (χ0n) is 7.53. The van der Waals surface area contributed by atoms with Gasteiger partial charge >= 0.3 is 37.7 Å². The molecular weight excluding hydrogens is 157 g/mol. The Morgan fingerprint density at radius 1 is 1.18 bits per heavy atom. The Hall–Kier alpha value is 1.30. The average Bonchev–Trinajstić information content (AvgIpc) is 1.61. The predicted molar refractivity (Wildman–Crippen MR) is 30.4 cm³/mol. The van der Waals surface area contributed by atoms with Gasteiger partial charge in [0.2, 0.25) is 0 Å². The molecule has 0 aliphatic heterocycles. The van der Waals surface area contributed by atoms with Crippen LogP contribution in [0.25, 0.3) is 0 Å². The van der Waals surface area contributed by atoms with Gasteiger partial charge in [0.15, 0.2) is 0 Å². The van der Waals surface area contributed by atoms with Crippen LogP contribution in [0.1, 0.15) is 26.7 Å². The minimum atomic E-state index is -5.14. The predicted octanol–water partition coefficient (Wildman–Crippen LogP) is -6.38. The molecular formula is C4H11Li2O4P. The van der Waals surface area contributed by atoms with Gasteiger partial charge in [0.05, 0.1) is 7.82 Å². The third-order valence-corrected chi connectivity index (χ3v) is 0.500. The van der Waals surface area contributed by atoms with Crippen LogP contribution in [0, 0.1) is 0 Å². The van der Waals surface area contributed by atoms with E-state index in [0.29, 0.717) is 0 Å². The molecule has 0 fully saturated rings. The SMILES string of the molecule is CCCC.O=P([O-])([O-])O.[Li+].[Li+]. The zero-order valence-corrected chi connectivity index (χ0v) is 8.43. The molecule has 0 saturated carbocycles. The van der Waals surface area contributed by atoms with Gasteiger partial charge in [0.1, 0.15) is 0 Å². The Morgan fingerprint density at radius 2 is 1.27 bits per heavy atom. The van der Waals surface area contributed by atoms with Gasteiger partial charge < -0.3 is 19.2 Å². The molecule has 0 rings (SSSR count). The summed E-state index contributed by atoms with van der Waals surface area (Å²) in [5.41, 5.74) is 0. The van der Waals surface area contributed by atoms with Crippen molar-refractivity contribution in [2.75, 3.05) is 0 Å². The molecule has 0 aromatic heterocycles. The second kappa shape index (κ2) is 13.9. The van der Waals surface area contributed by atoms with Gasteiger partial charge in [-0.05, 0) is 0 Å². The van der Waals surface area contributed by atoms with Gasteiger partial charge in [0, 0.05) is 0 Å². The Balaban J connectivity index is -0.0000000383. The molecule has 0 unspecified atom stereocenters. The molecule has 0 atom stereocenters. The van der Waals surface area contributed by atoms with Crippen molar-refractivity contribution in [2.45, 2.75) is 26.7 Å². The minimum absolute atomic E-state index is 0. The third kappa shape index (κ3) is 184. The van der Waals surface area contributed by atoms with Crippen LogP contribution in [0.5, 0.6) is 0 Å². The molecule has 0 aromatic rings. The molecule has 0 aromatic carbocycles. The quantitative estimate of drug-likeness (QED) is 0.311. The van der Waals surface area contributed by atoms with Crippen LogP contribution in [0.15, 0.2) is 0 Å². The zero-order chi connectivity index (χ0) is 7.91. The van der Waals surface area contributed by atoms with E-state index in [1.54, 1.807) is 0 Å². The average molecular weight is 168 g/mol. The number of hydrogen-bond acceptors (Lipinski definition) is 3. The van der Waals surface area contributed by atoms with Crippen LogP contribution >= 0.6 is 7.82 Å². The molecule has 0 radical (unpaired) electrons. The molecule has 0 bridgehead atoms. The van der Waals surface area contributed by atoms with Crippen molar-refractivity contribution < 1.29 is 57.0 Å². The normalized spacial score (nSPS) is 8.09. The van der Waals surface area contributed by atoms with E-state index in [1.165, 1.54) is 12.8 Å². The Labute approximate surface area is 91.4 Å². The second-order valence-corrected chi connectivity index (χ2v) is 2.41. The summed E-state index contributed by atoms with van der Waals surface area (Å²) in [6.45, 7) is 4.36. The van der Waals surface area contributed by atoms with Crippen LogP contribution in [0.3, 0.4) is 0 Å². The number of hydrogen-bond donors (Lipinski definition) is 1. The van der Waals surface area contributed by atoms with Crippen LogP contribution in [0.2, 0.25) is 0 Å². The Morgan fingerprint density at radius 3 is 1.27 bits per heavy atom. The monoisotopic (exact) mass is 168 g/mol. The van der Waals surface area contributed by atoms with Gasteiger partial charge in [-0.3, -0.25) is 0 Å². The van der Waals surface area contributed by atoms with Gasteiger partial charge in [0.25, 0.3) is 0 Å². The molecule has 0 aliphatic carbocycles. The van der Waals surface area contributed by atoms with E-state index < -0.39 is 7.82 Å². The first kappa shape index (κ1) is 22.8. The molecule has 7 heteroatoms. The molecule has 0 aliphatic rings. The maximum atomic E-state index is 8.66. The summed E-state index contributed by atoms with van der Waals surface area (Å²) in [7, 11) is -5.14. The maximum absolute atomic E-state index is 8.66. The summed E-state index contributed by atoms with van der Waals surface area (Å²) in [6, 6.07) is 0. The summed E-state index contributed by atoms with van der Waals surface area (Å²) in [5.74, 6) is 0. The van der Waals surface area contributed by atoms with E-state index in [2.05, 4.69) is 13.8 Å². The van der Waals surface area contributed by atoms with Gasteiger partial charge in [-0.25, -0.2) is 0 Å². The van der Waals surface area contributed by atoms with Crippen LogP contribution in [-0.4, -0.2) is 4.89 Å². The first-order chi connectivity index (χ1) is 3.91. The second-order valence-electron chi connectivity index (χ2n) is 1.47. The number of phosphoric acid groups is 1. The Bertz CT molecular complexity index is 83.8. The fourth-order valence-corrected chi connectivity index (χ4v) is 0. The minimum Gasteiger partial charge on any atom is -0.790 e.